The lowest BCUT2D eigenvalue weighted by atomic mass is 9.95. The number of nitrogens with zero attached hydrogens (tertiary/aromatic N) is 6. The number of anilines is 1. The Morgan fingerprint density at radius 2 is 1.81 bits per heavy atom. The zero-order valence-corrected chi connectivity index (χ0v) is 19.9. The number of rotatable bonds is 5. The highest BCUT2D eigenvalue weighted by molar-refractivity contribution is 6.45. The maximum Gasteiger partial charge on any atom is 0.295 e. The molecule has 2 fully saturated rings. The van der Waals surface area contributed by atoms with Crippen molar-refractivity contribution >= 4 is 34.4 Å². The maximum absolute atomic E-state index is 14.7. The second-order valence-corrected chi connectivity index (χ2v) is 8.87. The van der Waals surface area contributed by atoms with Crippen molar-refractivity contribution in [1.29, 1.82) is 0 Å². The van der Waals surface area contributed by atoms with Gasteiger partial charge in [-0.3, -0.25) is 19.6 Å². The van der Waals surface area contributed by atoms with Gasteiger partial charge in [0.25, 0.3) is 11.7 Å². The monoisotopic (exact) mass is 501 g/mol. The van der Waals surface area contributed by atoms with Gasteiger partial charge in [-0.1, -0.05) is 19.3 Å². The highest BCUT2D eigenvalue weighted by atomic mass is 19.1. The molecule has 14 heteroatoms. The van der Waals surface area contributed by atoms with E-state index in [0.717, 1.165) is 36.9 Å². The molecule has 1 saturated carbocycles. The Kier molecular flexibility index (Phi) is 7.55. The summed E-state index contributed by atoms with van der Waals surface area (Å²) in [7, 11) is 0. The van der Waals surface area contributed by atoms with Crippen LogP contribution in [0.15, 0.2) is 29.9 Å². The number of nitrogens with two attached hydrogens (primary N) is 4. The number of carbonyl (C=O) groups excluding carboxylic acids is 2. The molecule has 36 heavy (non-hydrogen) atoms. The summed E-state index contributed by atoms with van der Waals surface area (Å²) in [5.41, 5.74) is 5.44. The summed E-state index contributed by atoms with van der Waals surface area (Å²) in [4.78, 5) is 36.2. The Morgan fingerprint density at radius 3 is 2.44 bits per heavy atom. The minimum atomic E-state index is -0.834. The molecule has 13 nitrogen and oxygen atoms in total. The number of hydrazine groups is 2. The molecule has 1 saturated heterocycles. The number of hydrogen-bond acceptors (Lipinski definition) is 9. The Bertz CT molecular complexity index is 1170. The fourth-order valence-electron chi connectivity index (χ4n) is 4.84. The summed E-state index contributed by atoms with van der Waals surface area (Å²) in [6.45, 7) is 1.33. The van der Waals surface area contributed by atoms with Gasteiger partial charge in [0.05, 0.1) is 22.7 Å². The smallest absolute Gasteiger partial charge is 0.295 e. The van der Waals surface area contributed by atoms with Crippen LogP contribution in [0.2, 0.25) is 0 Å². The van der Waals surface area contributed by atoms with E-state index in [1.165, 1.54) is 29.9 Å². The third-order valence-corrected chi connectivity index (χ3v) is 6.74. The van der Waals surface area contributed by atoms with E-state index < -0.39 is 17.5 Å². The summed E-state index contributed by atoms with van der Waals surface area (Å²) in [6.07, 6.45) is 10.1. The summed E-state index contributed by atoms with van der Waals surface area (Å²) < 4.78 is 14.7. The van der Waals surface area contributed by atoms with Crippen LogP contribution in [-0.2, 0) is 4.79 Å². The van der Waals surface area contributed by atoms with E-state index >= 15 is 0 Å². The normalized spacial score (nSPS) is 17.7. The van der Waals surface area contributed by atoms with Crippen LogP contribution in [0.25, 0.3) is 10.9 Å². The van der Waals surface area contributed by atoms with Crippen molar-refractivity contribution in [3.63, 3.8) is 0 Å². The minimum Gasteiger partial charge on any atom is -0.403 e. The largest absolute Gasteiger partial charge is 0.403 e. The Morgan fingerprint density at radius 1 is 1.14 bits per heavy atom. The number of ketones is 1. The average molecular weight is 502 g/mol. The lowest BCUT2D eigenvalue weighted by Crippen LogP contribution is -2.59. The number of fused-ring (bicyclic) bond motifs is 1. The van der Waals surface area contributed by atoms with Crippen LogP contribution in [0.1, 0.15) is 42.5 Å². The first kappa shape index (κ1) is 25.2. The molecule has 2 aromatic rings. The second-order valence-electron chi connectivity index (χ2n) is 8.87. The first-order valence-corrected chi connectivity index (χ1v) is 11.9. The van der Waals surface area contributed by atoms with Crippen LogP contribution >= 0.6 is 0 Å². The molecule has 194 valence electrons. The molecule has 3 heterocycles. The van der Waals surface area contributed by atoms with Gasteiger partial charge < -0.3 is 26.4 Å². The van der Waals surface area contributed by atoms with Crippen LogP contribution in [0.3, 0.4) is 0 Å². The Hall–Kier alpha value is -3.91. The van der Waals surface area contributed by atoms with E-state index in [4.69, 9.17) is 23.3 Å². The van der Waals surface area contributed by atoms with Gasteiger partial charge in [-0.15, -0.1) is 5.10 Å². The number of aromatic nitrogens is 2. The molecule has 1 aliphatic heterocycles. The number of pyridine rings is 1. The van der Waals surface area contributed by atoms with Crippen LogP contribution in [0.4, 0.5) is 10.2 Å². The fraction of sp³-hybridized carbons (Fsp3) is 0.455. The fourth-order valence-corrected chi connectivity index (χ4v) is 4.84. The number of Topliss-reactive ketones (excluding diaryl/α,β-unsaturated/α-hetero) is 1. The van der Waals surface area contributed by atoms with Gasteiger partial charge in [-0.25, -0.2) is 21.1 Å². The molecule has 2 aliphatic rings. The Balaban J connectivity index is 1.46. The number of nitrogens with one attached hydrogen (secondary N) is 1. The molecule has 0 bridgehead atoms. The van der Waals surface area contributed by atoms with Crippen LogP contribution < -0.4 is 28.3 Å². The minimum absolute atomic E-state index is 0.0679. The van der Waals surface area contributed by atoms with Crippen LogP contribution in [0, 0.1) is 5.82 Å². The van der Waals surface area contributed by atoms with Crippen LogP contribution in [0.5, 0.6) is 0 Å². The lowest BCUT2D eigenvalue weighted by Gasteiger charge is -2.41. The van der Waals surface area contributed by atoms with Gasteiger partial charge in [-0.05, 0) is 12.8 Å². The molecule has 0 unspecified atom stereocenters. The number of hydrogen-bond donors (Lipinski definition) is 5. The van der Waals surface area contributed by atoms with E-state index in [9.17, 15) is 14.0 Å². The van der Waals surface area contributed by atoms with Crippen molar-refractivity contribution < 1.29 is 14.0 Å². The van der Waals surface area contributed by atoms with Gasteiger partial charge in [0, 0.05) is 50.8 Å². The molecular weight excluding hydrogens is 469 g/mol. The highest BCUT2D eigenvalue weighted by Crippen LogP contribution is 2.28. The van der Waals surface area contributed by atoms with Gasteiger partial charge in [-0.2, -0.15) is 0 Å². The van der Waals surface area contributed by atoms with E-state index in [0.29, 0.717) is 19.0 Å². The molecule has 1 amide bonds. The van der Waals surface area contributed by atoms with Crippen molar-refractivity contribution in [3.8, 4) is 0 Å². The quantitative estimate of drug-likeness (QED) is 0.0921. The SMILES string of the molecule is N/C=C\N(N)c1ncc(F)c2c(C(=O)C(=O)N3CCN(/C(=N/N)N(N)C4CCCCC4)CC3)c[nH]c12. The van der Waals surface area contributed by atoms with E-state index in [1.807, 2.05) is 4.90 Å². The van der Waals surface area contributed by atoms with Gasteiger partial charge in [0.2, 0.25) is 5.96 Å². The highest BCUT2D eigenvalue weighted by Gasteiger charge is 2.32. The first-order chi connectivity index (χ1) is 17.4. The van der Waals surface area contributed by atoms with Gasteiger partial charge >= 0.3 is 0 Å². The summed E-state index contributed by atoms with van der Waals surface area (Å²) in [5, 5.41) is 6.55. The molecule has 0 spiro atoms. The van der Waals surface area contributed by atoms with E-state index in [1.54, 1.807) is 5.01 Å². The summed E-state index contributed by atoms with van der Waals surface area (Å²) >= 11 is 0. The molecule has 0 atom stereocenters. The van der Waals surface area contributed by atoms with E-state index in [2.05, 4.69) is 15.1 Å². The Labute approximate surface area is 207 Å². The molecular formula is C22H32FN11O2. The summed E-state index contributed by atoms with van der Waals surface area (Å²) in [6, 6.07) is 0.170. The number of H-pyrrole nitrogens is 1. The number of guanidine groups is 1. The van der Waals surface area contributed by atoms with Crippen molar-refractivity contribution in [2.45, 2.75) is 38.1 Å². The zero-order chi connectivity index (χ0) is 25.8. The van der Waals surface area contributed by atoms with Gasteiger partial charge in [0.1, 0.15) is 0 Å². The second kappa shape index (κ2) is 10.8. The topological polar surface area (TPSA) is 192 Å². The van der Waals surface area contributed by atoms with Crippen molar-refractivity contribution in [2.75, 3.05) is 31.2 Å². The lowest BCUT2D eigenvalue weighted by molar-refractivity contribution is -0.127. The first-order valence-electron chi connectivity index (χ1n) is 11.9. The van der Waals surface area contributed by atoms with Crippen molar-refractivity contribution in [1.82, 2.24) is 24.8 Å². The number of piperazine rings is 1. The number of amides is 1. The number of halogens is 1. The standard InChI is InChI=1S/C22H32FN11O2/c23-16-13-29-20(33(26)7-6-24)18-17(16)15(12-28-18)19(35)21(36)31-8-10-32(11-9-31)22(30-25)34(27)14-4-2-1-3-5-14/h6-7,12-14,28H,1-5,8-11,24-27H2/b7-6-,30-22-. The van der Waals surface area contributed by atoms with Crippen molar-refractivity contribution in [2.24, 2.45) is 28.4 Å². The maximum atomic E-state index is 14.7. The van der Waals surface area contributed by atoms with E-state index in [-0.39, 0.29) is 41.4 Å². The van der Waals surface area contributed by atoms with Gasteiger partial charge in [0.15, 0.2) is 11.6 Å². The molecule has 9 N–H and O–H groups in total. The number of aromatic amines is 1. The third kappa shape index (κ3) is 4.77. The number of carbonyl (C=O) groups is 2. The molecule has 2 aromatic heterocycles. The van der Waals surface area contributed by atoms with Crippen LogP contribution in [-0.4, -0.2) is 74.6 Å². The molecule has 0 aromatic carbocycles. The molecule has 0 radical (unpaired) electrons. The zero-order valence-electron chi connectivity index (χ0n) is 19.9. The predicted octanol–water partition coefficient (Wildman–Crippen LogP) is -0.123. The molecule has 1 aliphatic carbocycles. The van der Waals surface area contributed by atoms with Crippen molar-refractivity contribution in [3.05, 3.63) is 36.2 Å². The number of hydrazone groups is 1. The predicted molar refractivity (Wildman–Crippen MR) is 133 cm³/mol. The molecule has 4 rings (SSSR count). The summed E-state index contributed by atoms with van der Waals surface area (Å²) in [5.74, 6) is 16.2. The average Bonchev–Trinajstić information content (AvgIpc) is 3.35. The third-order valence-electron chi connectivity index (χ3n) is 6.74.